The summed E-state index contributed by atoms with van der Waals surface area (Å²) in [6, 6.07) is 4.29. The average molecular weight is 324 g/mol. The van der Waals surface area contributed by atoms with Gasteiger partial charge in [-0.3, -0.25) is 0 Å². The van der Waals surface area contributed by atoms with E-state index in [0.29, 0.717) is 5.92 Å². The van der Waals surface area contributed by atoms with Crippen LogP contribution in [0, 0.1) is 0 Å². The van der Waals surface area contributed by atoms with E-state index in [9.17, 15) is 0 Å². The molecule has 1 saturated heterocycles. The Labute approximate surface area is 121 Å². The Morgan fingerprint density at radius 3 is 2.42 bits per heavy atom. The Morgan fingerprint density at radius 1 is 1.11 bits per heavy atom. The topological polar surface area (TPSA) is 30.5 Å². The number of rotatable bonds is 1. The second kappa shape index (κ2) is 4.38. The largest absolute Gasteiger partial charge is 0.448 e. The van der Waals surface area contributed by atoms with Gasteiger partial charge in [0, 0.05) is 17.3 Å². The summed E-state index contributed by atoms with van der Waals surface area (Å²) >= 11 is 3.71. The van der Waals surface area contributed by atoms with E-state index >= 15 is 0 Å². The molecule has 2 aliphatic heterocycles. The molecule has 1 spiro atoms. The summed E-state index contributed by atoms with van der Waals surface area (Å²) in [5.74, 6) is 2.15. The number of ether oxygens (including phenoxy) is 2. The molecule has 3 nitrogen and oxygen atoms in total. The molecule has 1 N–H and O–H groups in total. The van der Waals surface area contributed by atoms with Crippen LogP contribution in [0.1, 0.15) is 43.6 Å². The van der Waals surface area contributed by atoms with Crippen molar-refractivity contribution in [3.05, 3.63) is 22.2 Å². The second-order valence-electron chi connectivity index (χ2n) is 5.81. The SMILES string of the molecule is Brc1cc2c(cc1C1CCNCC1)OC1(CCC1)O2. The molecule has 0 radical (unpaired) electrons. The van der Waals surface area contributed by atoms with Crippen molar-refractivity contribution in [3.8, 4) is 11.5 Å². The van der Waals surface area contributed by atoms with Crippen LogP contribution in [-0.4, -0.2) is 18.9 Å². The zero-order valence-electron chi connectivity index (χ0n) is 10.9. The third-order valence-corrected chi connectivity index (χ3v) is 5.24. The van der Waals surface area contributed by atoms with Crippen molar-refractivity contribution in [2.75, 3.05) is 13.1 Å². The minimum Gasteiger partial charge on any atom is -0.448 e. The standard InChI is InChI=1S/C15H18BrNO2/c16-12-9-14-13(18-15(19-14)4-1-5-15)8-11(12)10-2-6-17-7-3-10/h8-10,17H,1-7H2. The van der Waals surface area contributed by atoms with Gasteiger partial charge in [-0.25, -0.2) is 0 Å². The second-order valence-corrected chi connectivity index (χ2v) is 6.67. The van der Waals surface area contributed by atoms with Crippen LogP contribution in [0.25, 0.3) is 0 Å². The summed E-state index contributed by atoms with van der Waals surface area (Å²) in [6.07, 6.45) is 5.63. The summed E-state index contributed by atoms with van der Waals surface area (Å²) in [5.41, 5.74) is 1.38. The molecular weight excluding hydrogens is 306 g/mol. The molecule has 3 aliphatic rings. The number of halogens is 1. The Bertz CT molecular complexity index is 507. The van der Waals surface area contributed by atoms with Crippen molar-refractivity contribution in [3.63, 3.8) is 0 Å². The molecule has 1 aliphatic carbocycles. The third-order valence-electron chi connectivity index (χ3n) is 4.55. The van der Waals surface area contributed by atoms with Crippen LogP contribution in [0.2, 0.25) is 0 Å². The molecule has 2 fully saturated rings. The van der Waals surface area contributed by atoms with Gasteiger partial charge in [0.1, 0.15) is 0 Å². The van der Waals surface area contributed by atoms with E-state index in [1.807, 2.05) is 0 Å². The lowest BCUT2D eigenvalue weighted by atomic mass is 9.90. The van der Waals surface area contributed by atoms with E-state index < -0.39 is 0 Å². The first kappa shape index (κ1) is 12.0. The smallest absolute Gasteiger partial charge is 0.251 e. The molecule has 1 aromatic rings. The summed E-state index contributed by atoms with van der Waals surface area (Å²) in [5, 5.41) is 3.42. The van der Waals surface area contributed by atoms with Crippen molar-refractivity contribution >= 4 is 15.9 Å². The molecule has 2 heterocycles. The van der Waals surface area contributed by atoms with Crippen molar-refractivity contribution in [2.24, 2.45) is 0 Å². The number of piperidine rings is 1. The maximum Gasteiger partial charge on any atom is 0.251 e. The molecule has 1 saturated carbocycles. The van der Waals surface area contributed by atoms with E-state index in [2.05, 4.69) is 33.4 Å². The molecule has 1 aromatic carbocycles. The predicted octanol–water partition coefficient (Wildman–Crippen LogP) is 3.57. The van der Waals surface area contributed by atoms with E-state index in [1.165, 1.54) is 24.8 Å². The fraction of sp³-hybridized carbons (Fsp3) is 0.600. The van der Waals surface area contributed by atoms with Gasteiger partial charge in [-0.1, -0.05) is 15.9 Å². The van der Waals surface area contributed by atoms with Crippen molar-refractivity contribution in [1.29, 1.82) is 0 Å². The normalized spacial score (nSPS) is 24.5. The van der Waals surface area contributed by atoms with Gasteiger partial charge in [0.05, 0.1) is 0 Å². The fourth-order valence-electron chi connectivity index (χ4n) is 3.25. The lowest BCUT2D eigenvalue weighted by Crippen LogP contribution is -2.45. The Kier molecular flexibility index (Phi) is 2.78. The van der Waals surface area contributed by atoms with Crippen LogP contribution in [0.3, 0.4) is 0 Å². The maximum atomic E-state index is 6.06. The highest BCUT2D eigenvalue weighted by atomic mass is 79.9. The number of fused-ring (bicyclic) bond motifs is 1. The van der Waals surface area contributed by atoms with Crippen molar-refractivity contribution < 1.29 is 9.47 Å². The van der Waals surface area contributed by atoms with E-state index in [0.717, 1.165) is 41.9 Å². The zero-order chi connectivity index (χ0) is 12.9. The van der Waals surface area contributed by atoms with Crippen LogP contribution < -0.4 is 14.8 Å². The Morgan fingerprint density at radius 2 is 1.79 bits per heavy atom. The molecule has 0 amide bonds. The van der Waals surface area contributed by atoms with Gasteiger partial charge in [-0.05, 0) is 56.0 Å². The molecule has 4 heteroatoms. The molecule has 0 bridgehead atoms. The lowest BCUT2D eigenvalue weighted by Gasteiger charge is -2.35. The van der Waals surface area contributed by atoms with Gasteiger partial charge in [-0.15, -0.1) is 0 Å². The van der Waals surface area contributed by atoms with Gasteiger partial charge in [0.25, 0.3) is 5.79 Å². The monoisotopic (exact) mass is 323 g/mol. The summed E-state index contributed by atoms with van der Waals surface area (Å²) in [4.78, 5) is 0. The number of benzene rings is 1. The van der Waals surface area contributed by atoms with Crippen LogP contribution in [0.15, 0.2) is 16.6 Å². The molecule has 4 rings (SSSR count). The highest BCUT2D eigenvalue weighted by Crippen LogP contribution is 2.50. The average Bonchev–Trinajstić information content (AvgIpc) is 2.77. The minimum absolute atomic E-state index is 0.325. The molecule has 0 unspecified atom stereocenters. The molecule has 0 aromatic heterocycles. The molecule has 0 atom stereocenters. The van der Waals surface area contributed by atoms with Crippen LogP contribution in [0.5, 0.6) is 11.5 Å². The van der Waals surface area contributed by atoms with Crippen molar-refractivity contribution in [2.45, 2.75) is 43.8 Å². The predicted molar refractivity (Wildman–Crippen MR) is 76.8 cm³/mol. The first-order valence-electron chi connectivity index (χ1n) is 7.18. The lowest BCUT2D eigenvalue weighted by molar-refractivity contribution is -0.138. The maximum absolute atomic E-state index is 6.06. The van der Waals surface area contributed by atoms with Gasteiger partial charge in [0.2, 0.25) is 0 Å². The summed E-state index contributed by atoms with van der Waals surface area (Å²) in [7, 11) is 0. The number of nitrogens with one attached hydrogen (secondary N) is 1. The Hall–Kier alpha value is -0.740. The van der Waals surface area contributed by atoms with Gasteiger partial charge < -0.3 is 14.8 Å². The zero-order valence-corrected chi connectivity index (χ0v) is 12.5. The highest BCUT2D eigenvalue weighted by Gasteiger charge is 2.47. The quantitative estimate of drug-likeness (QED) is 0.857. The van der Waals surface area contributed by atoms with Gasteiger partial charge in [0.15, 0.2) is 11.5 Å². The summed E-state index contributed by atoms with van der Waals surface area (Å²) in [6.45, 7) is 2.21. The van der Waals surface area contributed by atoms with Gasteiger partial charge >= 0.3 is 0 Å². The van der Waals surface area contributed by atoms with E-state index in [-0.39, 0.29) is 5.79 Å². The van der Waals surface area contributed by atoms with E-state index in [4.69, 9.17) is 9.47 Å². The van der Waals surface area contributed by atoms with Crippen LogP contribution >= 0.6 is 15.9 Å². The minimum atomic E-state index is -0.325. The van der Waals surface area contributed by atoms with Crippen LogP contribution in [0.4, 0.5) is 0 Å². The first-order valence-corrected chi connectivity index (χ1v) is 7.97. The molecule has 102 valence electrons. The van der Waals surface area contributed by atoms with E-state index in [1.54, 1.807) is 0 Å². The molecular formula is C15H18BrNO2. The number of hydrogen-bond acceptors (Lipinski definition) is 3. The summed E-state index contributed by atoms with van der Waals surface area (Å²) < 4.78 is 13.2. The molecule has 19 heavy (non-hydrogen) atoms. The Balaban J connectivity index is 1.65. The third kappa shape index (κ3) is 1.96. The van der Waals surface area contributed by atoms with Gasteiger partial charge in [-0.2, -0.15) is 0 Å². The number of hydrogen-bond donors (Lipinski definition) is 1. The van der Waals surface area contributed by atoms with Crippen LogP contribution in [-0.2, 0) is 0 Å². The van der Waals surface area contributed by atoms with Crippen molar-refractivity contribution in [1.82, 2.24) is 5.32 Å². The first-order chi connectivity index (χ1) is 9.26. The fourth-order valence-corrected chi connectivity index (χ4v) is 3.89. The highest BCUT2D eigenvalue weighted by molar-refractivity contribution is 9.10.